The van der Waals surface area contributed by atoms with Gasteiger partial charge in [0, 0.05) is 12.2 Å². The third-order valence-electron chi connectivity index (χ3n) is 3.88. The Labute approximate surface area is 124 Å². The van der Waals surface area contributed by atoms with Crippen molar-refractivity contribution >= 4 is 0 Å². The van der Waals surface area contributed by atoms with Gasteiger partial charge in [-0.1, -0.05) is 12.1 Å². The van der Waals surface area contributed by atoms with Crippen molar-refractivity contribution in [2.75, 3.05) is 20.8 Å². The number of methoxy groups -OCH3 is 2. The second kappa shape index (κ2) is 5.69. The lowest BCUT2D eigenvalue weighted by Crippen LogP contribution is -2.27. The van der Waals surface area contributed by atoms with Crippen LogP contribution in [0.2, 0.25) is 0 Å². The molecule has 0 bridgehead atoms. The number of rotatable bonds is 3. The van der Waals surface area contributed by atoms with E-state index in [1.54, 1.807) is 20.4 Å². The maximum atomic E-state index is 5.37. The van der Waals surface area contributed by atoms with E-state index in [-0.39, 0.29) is 0 Å². The van der Waals surface area contributed by atoms with Crippen LogP contribution in [-0.4, -0.2) is 30.7 Å². The summed E-state index contributed by atoms with van der Waals surface area (Å²) in [5, 5.41) is 3.48. The molecule has 110 valence electrons. The zero-order chi connectivity index (χ0) is 14.8. The van der Waals surface area contributed by atoms with Gasteiger partial charge in [-0.2, -0.15) is 4.98 Å². The number of nitrogens with one attached hydrogen (secondary N) is 1. The molecule has 0 aliphatic carbocycles. The van der Waals surface area contributed by atoms with Crippen molar-refractivity contribution < 1.29 is 9.47 Å². The second-order valence-corrected chi connectivity index (χ2v) is 5.12. The minimum absolute atomic E-state index is 0.309. The van der Waals surface area contributed by atoms with Gasteiger partial charge in [-0.3, -0.25) is 0 Å². The van der Waals surface area contributed by atoms with Gasteiger partial charge < -0.3 is 14.8 Å². The predicted octanol–water partition coefficient (Wildman–Crippen LogP) is 2.37. The van der Waals surface area contributed by atoms with Gasteiger partial charge in [0.2, 0.25) is 5.88 Å². The highest BCUT2D eigenvalue weighted by molar-refractivity contribution is 5.69. The summed E-state index contributed by atoms with van der Waals surface area (Å²) >= 11 is 0. The van der Waals surface area contributed by atoms with E-state index < -0.39 is 0 Å². The maximum Gasteiger partial charge on any atom is 0.319 e. The van der Waals surface area contributed by atoms with Gasteiger partial charge >= 0.3 is 6.01 Å². The van der Waals surface area contributed by atoms with Gasteiger partial charge in [0.1, 0.15) is 0 Å². The predicted molar refractivity (Wildman–Crippen MR) is 80.7 cm³/mol. The van der Waals surface area contributed by atoms with Crippen LogP contribution in [0.25, 0.3) is 11.1 Å². The highest BCUT2D eigenvalue weighted by Crippen LogP contribution is 2.33. The van der Waals surface area contributed by atoms with Crippen molar-refractivity contribution in [3.05, 3.63) is 35.5 Å². The Morgan fingerprint density at radius 2 is 2.10 bits per heavy atom. The van der Waals surface area contributed by atoms with Crippen molar-refractivity contribution in [2.45, 2.75) is 19.4 Å². The number of ether oxygens (including phenoxy) is 2. The molecule has 0 radical (unpaired) electrons. The van der Waals surface area contributed by atoms with E-state index in [0.717, 1.165) is 24.1 Å². The summed E-state index contributed by atoms with van der Waals surface area (Å²) in [5.74, 6) is 0.526. The number of nitrogens with zero attached hydrogens (tertiary/aromatic N) is 2. The van der Waals surface area contributed by atoms with Crippen LogP contribution in [0.4, 0.5) is 0 Å². The highest BCUT2D eigenvalue weighted by Gasteiger charge is 2.18. The van der Waals surface area contributed by atoms with Crippen molar-refractivity contribution in [3.8, 4) is 23.0 Å². The molecule has 0 amide bonds. The molecule has 3 rings (SSSR count). The van der Waals surface area contributed by atoms with Gasteiger partial charge in [-0.15, -0.1) is 0 Å². The fraction of sp³-hybridized carbons (Fsp3) is 0.375. The second-order valence-electron chi connectivity index (χ2n) is 5.12. The fourth-order valence-electron chi connectivity index (χ4n) is 2.73. The molecule has 1 aliphatic rings. The normalized spacial score (nSPS) is 17.2. The molecule has 0 spiro atoms. The standard InChI is InChI=1S/C16H19N3O2/c1-10-13-8-12(5-4-11(13)6-7-17-10)14-9-18-16(21-3)19-15(14)20-2/h4-5,8-10,17H,6-7H2,1-3H3. The number of fused-ring (bicyclic) bond motifs is 1. The van der Waals surface area contributed by atoms with Crippen LogP contribution in [0, 0.1) is 0 Å². The van der Waals surface area contributed by atoms with Crippen LogP contribution in [0.3, 0.4) is 0 Å². The third kappa shape index (κ3) is 2.56. The average Bonchev–Trinajstić information content (AvgIpc) is 2.54. The Morgan fingerprint density at radius 3 is 2.86 bits per heavy atom. The molecule has 1 aromatic heterocycles. The quantitative estimate of drug-likeness (QED) is 0.938. The summed E-state index contributed by atoms with van der Waals surface area (Å²) in [4.78, 5) is 8.43. The Kier molecular flexibility index (Phi) is 3.75. The maximum absolute atomic E-state index is 5.37. The molecule has 1 unspecified atom stereocenters. The van der Waals surface area contributed by atoms with Crippen molar-refractivity contribution in [3.63, 3.8) is 0 Å². The van der Waals surface area contributed by atoms with Crippen LogP contribution in [0.15, 0.2) is 24.4 Å². The summed E-state index contributed by atoms with van der Waals surface area (Å²) in [6, 6.07) is 7.15. The number of hydrogen-bond acceptors (Lipinski definition) is 5. The van der Waals surface area contributed by atoms with E-state index in [9.17, 15) is 0 Å². The summed E-state index contributed by atoms with van der Waals surface area (Å²) in [7, 11) is 3.15. The summed E-state index contributed by atoms with van der Waals surface area (Å²) in [6.07, 6.45) is 2.81. The fourth-order valence-corrected chi connectivity index (χ4v) is 2.73. The summed E-state index contributed by atoms with van der Waals surface area (Å²) < 4.78 is 10.4. The zero-order valence-electron chi connectivity index (χ0n) is 12.5. The highest BCUT2D eigenvalue weighted by atomic mass is 16.5. The van der Waals surface area contributed by atoms with E-state index in [2.05, 4.69) is 40.4 Å². The van der Waals surface area contributed by atoms with Crippen LogP contribution >= 0.6 is 0 Å². The van der Waals surface area contributed by atoms with Crippen molar-refractivity contribution in [1.29, 1.82) is 0 Å². The number of benzene rings is 1. The lowest BCUT2D eigenvalue weighted by atomic mass is 9.92. The van der Waals surface area contributed by atoms with E-state index in [4.69, 9.17) is 9.47 Å². The smallest absolute Gasteiger partial charge is 0.319 e. The molecule has 2 heterocycles. The van der Waals surface area contributed by atoms with E-state index >= 15 is 0 Å². The Morgan fingerprint density at radius 1 is 1.24 bits per heavy atom. The van der Waals surface area contributed by atoms with Gasteiger partial charge in [0.05, 0.1) is 19.8 Å². The molecule has 0 fully saturated rings. The number of hydrogen-bond donors (Lipinski definition) is 1. The zero-order valence-corrected chi connectivity index (χ0v) is 12.5. The first-order valence-corrected chi connectivity index (χ1v) is 7.04. The minimum Gasteiger partial charge on any atom is -0.480 e. The molecule has 5 heteroatoms. The van der Waals surface area contributed by atoms with Crippen LogP contribution in [0.1, 0.15) is 24.1 Å². The minimum atomic E-state index is 0.309. The van der Waals surface area contributed by atoms with E-state index in [0.29, 0.717) is 17.9 Å². The molecule has 21 heavy (non-hydrogen) atoms. The Balaban J connectivity index is 2.06. The van der Waals surface area contributed by atoms with E-state index in [1.165, 1.54) is 11.1 Å². The SMILES string of the molecule is COc1ncc(-c2ccc3c(c2)C(C)NCC3)c(OC)n1. The van der Waals surface area contributed by atoms with Crippen LogP contribution in [0.5, 0.6) is 11.9 Å². The molecule has 2 aromatic rings. The molecular formula is C16H19N3O2. The molecule has 1 atom stereocenters. The van der Waals surface area contributed by atoms with Gasteiger partial charge in [0.25, 0.3) is 0 Å². The molecule has 1 aliphatic heterocycles. The Hall–Kier alpha value is -2.14. The molecule has 1 aromatic carbocycles. The molecule has 5 nitrogen and oxygen atoms in total. The lowest BCUT2D eigenvalue weighted by molar-refractivity contribution is 0.353. The van der Waals surface area contributed by atoms with Crippen molar-refractivity contribution in [2.24, 2.45) is 0 Å². The van der Waals surface area contributed by atoms with Crippen LogP contribution < -0.4 is 14.8 Å². The molecule has 0 saturated heterocycles. The van der Waals surface area contributed by atoms with E-state index in [1.807, 2.05) is 0 Å². The van der Waals surface area contributed by atoms with Gasteiger partial charge in [-0.25, -0.2) is 4.98 Å². The molecular weight excluding hydrogens is 266 g/mol. The van der Waals surface area contributed by atoms with Gasteiger partial charge in [0.15, 0.2) is 0 Å². The Bertz CT molecular complexity index is 658. The first-order valence-electron chi connectivity index (χ1n) is 7.04. The third-order valence-corrected chi connectivity index (χ3v) is 3.88. The summed E-state index contributed by atoms with van der Waals surface area (Å²) in [6.45, 7) is 3.21. The van der Waals surface area contributed by atoms with Crippen molar-refractivity contribution in [1.82, 2.24) is 15.3 Å². The topological polar surface area (TPSA) is 56.3 Å². The van der Waals surface area contributed by atoms with Crippen LogP contribution in [-0.2, 0) is 6.42 Å². The molecule has 1 N–H and O–H groups in total. The summed E-state index contributed by atoms with van der Waals surface area (Å²) in [5.41, 5.74) is 4.66. The average molecular weight is 285 g/mol. The monoisotopic (exact) mass is 285 g/mol. The van der Waals surface area contributed by atoms with Gasteiger partial charge in [-0.05, 0) is 42.6 Å². The first-order chi connectivity index (χ1) is 10.2. The number of aromatic nitrogens is 2. The molecule has 0 saturated carbocycles. The largest absolute Gasteiger partial charge is 0.480 e. The lowest BCUT2D eigenvalue weighted by Gasteiger charge is -2.24. The first kappa shape index (κ1) is 13.8.